The van der Waals surface area contributed by atoms with E-state index < -0.39 is 5.54 Å². The zero-order valence-electron chi connectivity index (χ0n) is 13.2. The normalized spacial score (nSPS) is 35.5. The summed E-state index contributed by atoms with van der Waals surface area (Å²) >= 11 is 0. The van der Waals surface area contributed by atoms with E-state index in [0.717, 1.165) is 19.4 Å². The molecule has 2 aliphatic rings. The summed E-state index contributed by atoms with van der Waals surface area (Å²) in [6.45, 7) is 5.11. The summed E-state index contributed by atoms with van der Waals surface area (Å²) in [7, 11) is 1.58. The molecule has 4 atom stereocenters. The topological polar surface area (TPSA) is 93.8 Å². The molecule has 0 spiro atoms. The fourth-order valence-corrected chi connectivity index (χ4v) is 3.90. The molecule has 1 saturated heterocycles. The van der Waals surface area contributed by atoms with Crippen molar-refractivity contribution in [1.82, 2.24) is 5.32 Å². The molecule has 0 bridgehead atoms. The second-order valence-corrected chi connectivity index (χ2v) is 6.77. The first-order valence-electron chi connectivity index (χ1n) is 7.70. The molecular formula is C15H28N2O4. The Morgan fingerprint density at radius 1 is 1.57 bits per heavy atom. The van der Waals surface area contributed by atoms with Gasteiger partial charge in [0, 0.05) is 31.7 Å². The molecule has 122 valence electrons. The number of aliphatic hydroxyl groups excluding tert-OH is 1. The van der Waals surface area contributed by atoms with Crippen molar-refractivity contribution < 1.29 is 19.4 Å². The molecule has 2 rings (SSSR count). The van der Waals surface area contributed by atoms with Gasteiger partial charge in [0.2, 0.25) is 5.91 Å². The van der Waals surface area contributed by atoms with Crippen molar-refractivity contribution in [2.24, 2.45) is 17.1 Å². The van der Waals surface area contributed by atoms with Crippen LogP contribution in [0.1, 0.15) is 33.1 Å². The molecule has 1 heterocycles. The molecular weight excluding hydrogens is 272 g/mol. The number of nitrogens with two attached hydrogens (primary N) is 1. The first-order valence-corrected chi connectivity index (χ1v) is 7.70. The van der Waals surface area contributed by atoms with E-state index in [4.69, 9.17) is 20.3 Å². The van der Waals surface area contributed by atoms with E-state index in [-0.39, 0.29) is 36.0 Å². The average molecular weight is 300 g/mol. The van der Waals surface area contributed by atoms with Gasteiger partial charge >= 0.3 is 0 Å². The molecule has 6 nitrogen and oxygen atoms in total. The van der Waals surface area contributed by atoms with Crippen molar-refractivity contribution in [3.8, 4) is 0 Å². The highest BCUT2D eigenvalue weighted by molar-refractivity contribution is 5.89. The lowest BCUT2D eigenvalue weighted by atomic mass is 9.46. The third kappa shape index (κ3) is 2.59. The van der Waals surface area contributed by atoms with Gasteiger partial charge in [0.25, 0.3) is 0 Å². The van der Waals surface area contributed by atoms with E-state index in [1.54, 1.807) is 7.11 Å². The third-order valence-corrected chi connectivity index (χ3v) is 5.24. The molecule has 0 radical (unpaired) electrons. The Labute approximate surface area is 126 Å². The van der Waals surface area contributed by atoms with Crippen LogP contribution in [0, 0.1) is 11.3 Å². The van der Waals surface area contributed by atoms with Crippen LogP contribution < -0.4 is 11.1 Å². The van der Waals surface area contributed by atoms with Crippen LogP contribution in [0.4, 0.5) is 0 Å². The average Bonchev–Trinajstić information content (AvgIpc) is 2.46. The van der Waals surface area contributed by atoms with Gasteiger partial charge in [-0.25, -0.2) is 0 Å². The number of hydrogen-bond acceptors (Lipinski definition) is 5. The minimum Gasteiger partial charge on any atom is -0.396 e. The maximum absolute atomic E-state index is 12.7. The van der Waals surface area contributed by atoms with E-state index in [9.17, 15) is 4.79 Å². The number of amides is 1. The van der Waals surface area contributed by atoms with Crippen LogP contribution in [-0.2, 0) is 14.3 Å². The van der Waals surface area contributed by atoms with E-state index in [0.29, 0.717) is 13.0 Å². The standard InChI is InChI=1S/C15H28N2O4/c1-14(2)12-11(5-4-8-21-12)15(14,16)13(19)17-10(6-7-18)9-20-3/h10-12,18H,4-9,16H2,1-3H3,(H,17,19). The minimum atomic E-state index is -0.917. The lowest BCUT2D eigenvalue weighted by Gasteiger charge is -2.65. The van der Waals surface area contributed by atoms with Gasteiger partial charge in [-0.05, 0) is 19.3 Å². The number of ether oxygens (including phenoxy) is 2. The van der Waals surface area contributed by atoms with Crippen LogP contribution >= 0.6 is 0 Å². The quantitative estimate of drug-likeness (QED) is 0.643. The van der Waals surface area contributed by atoms with Gasteiger partial charge in [0.1, 0.15) is 5.54 Å². The number of aliphatic hydroxyl groups is 1. The van der Waals surface area contributed by atoms with Gasteiger partial charge in [0.05, 0.1) is 18.8 Å². The van der Waals surface area contributed by atoms with Crippen molar-refractivity contribution >= 4 is 5.91 Å². The second kappa shape index (κ2) is 6.20. The summed E-state index contributed by atoms with van der Waals surface area (Å²) in [4.78, 5) is 12.7. The number of nitrogens with one attached hydrogen (secondary N) is 1. The molecule has 0 aromatic carbocycles. The highest BCUT2D eigenvalue weighted by atomic mass is 16.5. The van der Waals surface area contributed by atoms with Gasteiger partial charge in [-0.3, -0.25) is 4.79 Å². The SMILES string of the molecule is COCC(CCO)NC(=O)C1(N)C2CCCOC2C1(C)C. The van der Waals surface area contributed by atoms with Crippen molar-refractivity contribution in [3.05, 3.63) is 0 Å². The second-order valence-electron chi connectivity index (χ2n) is 6.77. The van der Waals surface area contributed by atoms with Gasteiger partial charge in [-0.15, -0.1) is 0 Å². The maximum Gasteiger partial charge on any atom is 0.241 e. The van der Waals surface area contributed by atoms with Crippen molar-refractivity contribution in [2.75, 3.05) is 26.9 Å². The molecule has 6 heteroatoms. The van der Waals surface area contributed by atoms with Gasteiger partial charge < -0.3 is 25.6 Å². The lowest BCUT2D eigenvalue weighted by molar-refractivity contribution is -0.225. The fraction of sp³-hybridized carbons (Fsp3) is 0.933. The maximum atomic E-state index is 12.7. The number of methoxy groups -OCH3 is 1. The Kier molecular flexibility index (Phi) is 4.92. The molecule has 1 amide bonds. The molecule has 2 fully saturated rings. The Morgan fingerprint density at radius 3 is 2.90 bits per heavy atom. The van der Waals surface area contributed by atoms with Gasteiger partial charge in [-0.2, -0.15) is 0 Å². The minimum absolute atomic E-state index is 0.00440. The molecule has 1 aliphatic carbocycles. The van der Waals surface area contributed by atoms with Gasteiger partial charge in [0.15, 0.2) is 0 Å². The van der Waals surface area contributed by atoms with Crippen LogP contribution in [0.3, 0.4) is 0 Å². The molecule has 4 unspecified atom stereocenters. The van der Waals surface area contributed by atoms with Crippen LogP contribution in [0.2, 0.25) is 0 Å². The predicted octanol–water partition coefficient (Wildman–Crippen LogP) is 0.0325. The Balaban J connectivity index is 2.09. The smallest absolute Gasteiger partial charge is 0.241 e. The Bertz CT molecular complexity index is 382. The molecule has 0 aromatic heterocycles. The molecule has 1 saturated carbocycles. The van der Waals surface area contributed by atoms with Crippen LogP contribution in [0.5, 0.6) is 0 Å². The van der Waals surface area contributed by atoms with Crippen molar-refractivity contribution in [3.63, 3.8) is 0 Å². The first kappa shape index (κ1) is 16.7. The summed E-state index contributed by atoms with van der Waals surface area (Å²) in [5.74, 6) is -0.0895. The number of hydrogen-bond donors (Lipinski definition) is 3. The zero-order chi connectivity index (χ0) is 15.7. The molecule has 4 N–H and O–H groups in total. The Hall–Kier alpha value is -0.690. The van der Waals surface area contributed by atoms with Crippen molar-refractivity contribution in [1.29, 1.82) is 0 Å². The summed E-state index contributed by atoms with van der Waals surface area (Å²) in [6, 6.07) is -0.215. The largest absolute Gasteiger partial charge is 0.396 e. The Morgan fingerprint density at radius 2 is 2.29 bits per heavy atom. The molecule has 21 heavy (non-hydrogen) atoms. The monoisotopic (exact) mass is 300 g/mol. The van der Waals surface area contributed by atoms with Crippen LogP contribution in [0.25, 0.3) is 0 Å². The lowest BCUT2D eigenvalue weighted by Crippen LogP contribution is -2.82. The fourth-order valence-electron chi connectivity index (χ4n) is 3.90. The summed E-state index contributed by atoms with van der Waals surface area (Å²) in [6.07, 6.45) is 2.38. The third-order valence-electron chi connectivity index (χ3n) is 5.24. The van der Waals surface area contributed by atoms with E-state index in [1.165, 1.54) is 0 Å². The molecule has 1 aliphatic heterocycles. The number of carbonyl (C=O) groups is 1. The highest BCUT2D eigenvalue weighted by Crippen LogP contribution is 2.57. The van der Waals surface area contributed by atoms with Crippen LogP contribution in [-0.4, -0.2) is 55.6 Å². The summed E-state index contributed by atoms with van der Waals surface area (Å²) < 4.78 is 10.9. The van der Waals surface area contributed by atoms with Crippen LogP contribution in [0.15, 0.2) is 0 Å². The zero-order valence-corrected chi connectivity index (χ0v) is 13.2. The van der Waals surface area contributed by atoms with E-state index in [1.807, 2.05) is 13.8 Å². The van der Waals surface area contributed by atoms with E-state index in [2.05, 4.69) is 5.32 Å². The summed E-state index contributed by atoms with van der Waals surface area (Å²) in [5.41, 5.74) is 5.22. The summed E-state index contributed by atoms with van der Waals surface area (Å²) in [5, 5.41) is 12.0. The first-order chi connectivity index (χ1) is 9.89. The number of rotatable bonds is 6. The van der Waals surface area contributed by atoms with Crippen molar-refractivity contribution in [2.45, 2.75) is 50.8 Å². The van der Waals surface area contributed by atoms with Gasteiger partial charge in [-0.1, -0.05) is 13.8 Å². The number of fused-ring (bicyclic) bond motifs is 1. The highest BCUT2D eigenvalue weighted by Gasteiger charge is 2.70. The van der Waals surface area contributed by atoms with E-state index >= 15 is 0 Å². The molecule has 0 aromatic rings. The number of carbonyl (C=O) groups excluding carboxylic acids is 1. The predicted molar refractivity (Wildman–Crippen MR) is 78.7 cm³/mol.